The number of nitrogens with zero attached hydrogens (tertiary/aromatic N) is 2. The number of hydrogen-bond donors (Lipinski definition) is 0. The van der Waals surface area contributed by atoms with Gasteiger partial charge in [-0.2, -0.15) is 0 Å². The molecule has 1 atom stereocenters. The van der Waals surface area contributed by atoms with E-state index in [-0.39, 0.29) is 18.4 Å². The minimum Gasteiger partial charge on any atom is -0.497 e. The Kier molecular flexibility index (Phi) is 5.11. The number of para-hydroxylation sites is 1. The van der Waals surface area contributed by atoms with Gasteiger partial charge in [0.15, 0.2) is 6.04 Å². The van der Waals surface area contributed by atoms with Gasteiger partial charge in [-0.1, -0.05) is 24.3 Å². The normalized spacial score (nSPS) is 17.0. The first-order chi connectivity index (χ1) is 14.0. The molecule has 0 radical (unpaired) electrons. The summed E-state index contributed by atoms with van der Waals surface area (Å²) in [7, 11) is 1.60. The van der Waals surface area contributed by atoms with E-state index in [9.17, 15) is 9.59 Å². The fourth-order valence-corrected chi connectivity index (χ4v) is 4.65. The molecule has 4 rings (SSSR count). The number of benzene rings is 2. The molecule has 0 spiro atoms. The fraction of sp³-hybridized carbons (Fsp3) is 0.217. The van der Waals surface area contributed by atoms with E-state index in [0.29, 0.717) is 11.4 Å². The molecule has 3 aromatic rings. The van der Waals surface area contributed by atoms with E-state index in [2.05, 4.69) is 0 Å². The molecule has 1 aromatic heterocycles. The molecule has 2 heterocycles. The average molecular weight is 407 g/mol. The SMILES string of the molecule is COc1ccc(N2C(=O)CN(c3c(C)cccc3C)C(=O)C2c2cccs2)cc1. The van der Waals surface area contributed by atoms with Crippen molar-refractivity contribution in [3.63, 3.8) is 0 Å². The van der Waals surface area contributed by atoms with Crippen LogP contribution in [0.3, 0.4) is 0 Å². The smallest absolute Gasteiger partial charge is 0.256 e. The highest BCUT2D eigenvalue weighted by Gasteiger charge is 2.43. The van der Waals surface area contributed by atoms with Crippen LogP contribution in [0, 0.1) is 13.8 Å². The second-order valence-corrected chi connectivity index (χ2v) is 8.02. The largest absolute Gasteiger partial charge is 0.497 e. The third kappa shape index (κ3) is 3.40. The van der Waals surface area contributed by atoms with Crippen molar-refractivity contribution in [1.82, 2.24) is 0 Å². The summed E-state index contributed by atoms with van der Waals surface area (Å²) in [4.78, 5) is 31.1. The maximum atomic E-state index is 13.7. The van der Waals surface area contributed by atoms with Crippen molar-refractivity contribution >= 4 is 34.5 Å². The lowest BCUT2D eigenvalue weighted by Crippen LogP contribution is -2.56. The Bertz CT molecular complexity index is 1020. The molecule has 29 heavy (non-hydrogen) atoms. The summed E-state index contributed by atoms with van der Waals surface area (Å²) >= 11 is 1.48. The Labute approximate surface area is 174 Å². The van der Waals surface area contributed by atoms with Gasteiger partial charge in [0, 0.05) is 10.6 Å². The van der Waals surface area contributed by atoms with Gasteiger partial charge in [0.1, 0.15) is 12.3 Å². The molecule has 0 N–H and O–H groups in total. The van der Waals surface area contributed by atoms with Gasteiger partial charge in [0.2, 0.25) is 5.91 Å². The summed E-state index contributed by atoms with van der Waals surface area (Å²) in [6.45, 7) is 3.95. The average Bonchev–Trinajstić information content (AvgIpc) is 3.24. The van der Waals surface area contributed by atoms with E-state index >= 15 is 0 Å². The number of anilines is 2. The number of ether oxygens (including phenoxy) is 1. The minimum atomic E-state index is -0.691. The first-order valence-corrected chi connectivity index (χ1v) is 10.3. The highest BCUT2D eigenvalue weighted by Crippen LogP contribution is 2.38. The first kappa shape index (κ1) is 19.2. The number of carbonyl (C=O) groups excluding carboxylic acids is 2. The van der Waals surface area contributed by atoms with Gasteiger partial charge < -0.3 is 9.64 Å². The lowest BCUT2D eigenvalue weighted by Gasteiger charge is -2.40. The van der Waals surface area contributed by atoms with Gasteiger partial charge in [0.25, 0.3) is 5.91 Å². The van der Waals surface area contributed by atoms with Crippen LogP contribution in [0.1, 0.15) is 22.0 Å². The molecule has 1 saturated heterocycles. The van der Waals surface area contributed by atoms with Crippen molar-refractivity contribution in [2.75, 3.05) is 23.5 Å². The number of aryl methyl sites for hydroxylation is 2. The van der Waals surface area contributed by atoms with Gasteiger partial charge in [-0.05, 0) is 60.7 Å². The predicted molar refractivity (Wildman–Crippen MR) is 116 cm³/mol. The number of amides is 2. The van der Waals surface area contributed by atoms with E-state index in [0.717, 1.165) is 21.7 Å². The van der Waals surface area contributed by atoms with Crippen molar-refractivity contribution in [3.05, 3.63) is 76.0 Å². The Morgan fingerprint density at radius 3 is 2.24 bits per heavy atom. The van der Waals surface area contributed by atoms with E-state index in [1.54, 1.807) is 29.0 Å². The van der Waals surface area contributed by atoms with Crippen LogP contribution in [-0.4, -0.2) is 25.5 Å². The fourth-order valence-electron chi connectivity index (χ4n) is 3.84. The summed E-state index contributed by atoms with van der Waals surface area (Å²) in [5, 5.41) is 1.93. The zero-order valence-electron chi connectivity index (χ0n) is 16.6. The highest BCUT2D eigenvalue weighted by atomic mass is 32.1. The molecular weight excluding hydrogens is 384 g/mol. The molecule has 148 valence electrons. The third-order valence-corrected chi connectivity index (χ3v) is 6.12. The molecule has 5 nitrogen and oxygen atoms in total. The second kappa shape index (κ2) is 7.72. The molecule has 1 aliphatic rings. The predicted octanol–water partition coefficient (Wildman–Crippen LogP) is 4.49. The van der Waals surface area contributed by atoms with Gasteiger partial charge >= 0.3 is 0 Å². The lowest BCUT2D eigenvalue weighted by molar-refractivity contribution is -0.128. The Hall–Kier alpha value is -3.12. The van der Waals surface area contributed by atoms with E-state index in [1.807, 2.05) is 61.7 Å². The second-order valence-electron chi connectivity index (χ2n) is 7.04. The zero-order valence-corrected chi connectivity index (χ0v) is 17.4. The molecule has 1 fully saturated rings. The zero-order chi connectivity index (χ0) is 20.5. The van der Waals surface area contributed by atoms with Gasteiger partial charge in [0.05, 0.1) is 12.8 Å². The van der Waals surface area contributed by atoms with Gasteiger partial charge in [-0.15, -0.1) is 11.3 Å². The van der Waals surface area contributed by atoms with Crippen LogP contribution >= 0.6 is 11.3 Å². The summed E-state index contributed by atoms with van der Waals surface area (Å²) in [5.41, 5.74) is 3.47. The van der Waals surface area contributed by atoms with Crippen molar-refractivity contribution in [1.29, 1.82) is 0 Å². The van der Waals surface area contributed by atoms with E-state index < -0.39 is 6.04 Å². The number of hydrogen-bond acceptors (Lipinski definition) is 4. The number of piperazine rings is 1. The molecule has 1 aliphatic heterocycles. The summed E-state index contributed by atoms with van der Waals surface area (Å²) in [6.07, 6.45) is 0. The number of methoxy groups -OCH3 is 1. The molecule has 6 heteroatoms. The van der Waals surface area contributed by atoms with Crippen molar-refractivity contribution < 1.29 is 14.3 Å². The van der Waals surface area contributed by atoms with Crippen LogP contribution in [0.4, 0.5) is 11.4 Å². The summed E-state index contributed by atoms with van der Waals surface area (Å²) in [5.74, 6) is 0.491. The van der Waals surface area contributed by atoms with E-state index in [4.69, 9.17) is 4.74 Å². The van der Waals surface area contributed by atoms with Crippen molar-refractivity contribution in [2.45, 2.75) is 19.9 Å². The quantitative estimate of drug-likeness (QED) is 0.641. The molecule has 2 amide bonds. The summed E-state index contributed by atoms with van der Waals surface area (Å²) < 4.78 is 5.23. The van der Waals surface area contributed by atoms with Crippen LogP contribution in [0.15, 0.2) is 60.0 Å². The van der Waals surface area contributed by atoms with Crippen LogP contribution < -0.4 is 14.5 Å². The van der Waals surface area contributed by atoms with Crippen LogP contribution in [0.25, 0.3) is 0 Å². The number of carbonyl (C=O) groups is 2. The summed E-state index contributed by atoms with van der Waals surface area (Å²) in [6, 6.07) is 16.3. The number of thiophene rings is 1. The first-order valence-electron chi connectivity index (χ1n) is 9.38. The van der Waals surface area contributed by atoms with Crippen LogP contribution in [-0.2, 0) is 9.59 Å². The third-order valence-electron chi connectivity index (χ3n) is 5.19. The molecular formula is C23H22N2O3S. The van der Waals surface area contributed by atoms with E-state index in [1.165, 1.54) is 11.3 Å². The monoisotopic (exact) mass is 406 g/mol. The van der Waals surface area contributed by atoms with Crippen molar-refractivity contribution in [2.24, 2.45) is 0 Å². The van der Waals surface area contributed by atoms with Crippen LogP contribution in [0.2, 0.25) is 0 Å². The molecule has 2 aromatic carbocycles. The highest BCUT2D eigenvalue weighted by molar-refractivity contribution is 7.10. The molecule has 0 aliphatic carbocycles. The number of rotatable bonds is 4. The molecule has 1 unspecified atom stereocenters. The van der Waals surface area contributed by atoms with Gasteiger partial charge in [-0.3, -0.25) is 14.5 Å². The maximum absolute atomic E-state index is 13.7. The molecule has 0 saturated carbocycles. The lowest BCUT2D eigenvalue weighted by atomic mass is 10.0. The topological polar surface area (TPSA) is 49.9 Å². The van der Waals surface area contributed by atoms with Crippen molar-refractivity contribution in [3.8, 4) is 5.75 Å². The minimum absolute atomic E-state index is 0.0123. The maximum Gasteiger partial charge on any atom is 0.256 e. The Morgan fingerprint density at radius 1 is 0.966 bits per heavy atom. The molecule has 0 bridgehead atoms. The van der Waals surface area contributed by atoms with Gasteiger partial charge in [-0.25, -0.2) is 0 Å². The Morgan fingerprint density at radius 2 is 1.66 bits per heavy atom. The Balaban J connectivity index is 1.81. The van der Waals surface area contributed by atoms with Crippen LogP contribution in [0.5, 0.6) is 5.75 Å². The standard InChI is InChI=1S/C23H22N2O3S/c1-15-6-4-7-16(2)21(15)24-14-20(26)25(17-9-11-18(28-3)12-10-17)22(23(24)27)19-8-5-13-29-19/h4-13,22H,14H2,1-3H3.